The molecule has 0 radical (unpaired) electrons. The summed E-state index contributed by atoms with van der Waals surface area (Å²) >= 11 is 3.31. The summed E-state index contributed by atoms with van der Waals surface area (Å²) in [5, 5.41) is 8.59. The van der Waals surface area contributed by atoms with Gasteiger partial charge < -0.3 is 4.42 Å². The molecule has 0 aliphatic carbocycles. The van der Waals surface area contributed by atoms with Crippen LogP contribution < -0.4 is 0 Å². The fraction of sp³-hybridized carbons (Fsp3) is 0.154. The van der Waals surface area contributed by atoms with Crippen molar-refractivity contribution in [2.45, 2.75) is 11.9 Å². The van der Waals surface area contributed by atoms with Gasteiger partial charge in [0.05, 0.1) is 12.2 Å². The van der Waals surface area contributed by atoms with E-state index in [-0.39, 0.29) is 5.82 Å². The SMILES string of the molecule is Fc1cccc(-c2nc(Cn3cc(CBr)nn3)co2)c1. The number of oxazole rings is 1. The number of benzene rings is 1. The maximum atomic E-state index is 13.2. The van der Waals surface area contributed by atoms with Gasteiger partial charge in [-0.3, -0.25) is 0 Å². The Morgan fingerprint density at radius 3 is 2.95 bits per heavy atom. The Hall–Kier alpha value is -2.02. The van der Waals surface area contributed by atoms with E-state index in [9.17, 15) is 4.39 Å². The zero-order valence-corrected chi connectivity index (χ0v) is 11.9. The lowest BCUT2D eigenvalue weighted by Gasteiger charge is -1.95. The van der Waals surface area contributed by atoms with Gasteiger partial charge in [-0.05, 0) is 18.2 Å². The minimum Gasteiger partial charge on any atom is -0.444 e. The van der Waals surface area contributed by atoms with Crippen molar-refractivity contribution in [1.82, 2.24) is 20.0 Å². The van der Waals surface area contributed by atoms with E-state index in [1.165, 1.54) is 18.4 Å². The van der Waals surface area contributed by atoms with Crippen LogP contribution in [0, 0.1) is 5.82 Å². The van der Waals surface area contributed by atoms with E-state index in [0.717, 1.165) is 5.69 Å². The minimum atomic E-state index is -0.319. The molecular formula is C13H10BrFN4O. The molecule has 0 unspecified atom stereocenters. The number of hydrogen-bond donors (Lipinski definition) is 0. The van der Waals surface area contributed by atoms with Crippen molar-refractivity contribution in [3.63, 3.8) is 0 Å². The third kappa shape index (κ3) is 2.77. The Kier molecular flexibility index (Phi) is 3.60. The lowest BCUT2D eigenvalue weighted by atomic mass is 10.2. The van der Waals surface area contributed by atoms with Crippen molar-refractivity contribution in [3.05, 3.63) is 53.9 Å². The molecule has 3 rings (SSSR count). The smallest absolute Gasteiger partial charge is 0.226 e. The largest absolute Gasteiger partial charge is 0.444 e. The van der Waals surface area contributed by atoms with Crippen LogP contribution in [0.5, 0.6) is 0 Å². The molecule has 0 aliphatic heterocycles. The third-order valence-corrected chi connectivity index (χ3v) is 3.24. The van der Waals surface area contributed by atoms with E-state index in [1.54, 1.807) is 16.8 Å². The fourth-order valence-electron chi connectivity index (χ4n) is 1.78. The molecule has 2 aromatic heterocycles. The van der Waals surface area contributed by atoms with E-state index >= 15 is 0 Å². The lowest BCUT2D eigenvalue weighted by molar-refractivity contribution is 0.566. The zero-order chi connectivity index (χ0) is 13.9. The highest BCUT2D eigenvalue weighted by atomic mass is 79.9. The quantitative estimate of drug-likeness (QED) is 0.687. The molecule has 7 heteroatoms. The van der Waals surface area contributed by atoms with Crippen molar-refractivity contribution in [1.29, 1.82) is 0 Å². The Balaban J connectivity index is 1.80. The summed E-state index contributed by atoms with van der Waals surface area (Å²) in [6.07, 6.45) is 3.36. The first kappa shape index (κ1) is 13.0. The van der Waals surface area contributed by atoms with Crippen molar-refractivity contribution in [2.24, 2.45) is 0 Å². The van der Waals surface area contributed by atoms with Gasteiger partial charge >= 0.3 is 0 Å². The number of hydrogen-bond acceptors (Lipinski definition) is 4. The molecule has 2 heterocycles. The van der Waals surface area contributed by atoms with Gasteiger partial charge in [-0.1, -0.05) is 27.2 Å². The monoisotopic (exact) mass is 336 g/mol. The average Bonchev–Trinajstić information content (AvgIpc) is 3.08. The summed E-state index contributed by atoms with van der Waals surface area (Å²) < 4.78 is 20.2. The predicted molar refractivity (Wildman–Crippen MR) is 73.7 cm³/mol. The van der Waals surface area contributed by atoms with Gasteiger partial charge in [0.25, 0.3) is 0 Å². The summed E-state index contributed by atoms with van der Waals surface area (Å²) in [5.41, 5.74) is 2.16. The van der Waals surface area contributed by atoms with Crippen molar-refractivity contribution >= 4 is 15.9 Å². The average molecular weight is 337 g/mol. The molecule has 5 nitrogen and oxygen atoms in total. The molecule has 0 amide bonds. The summed E-state index contributed by atoms with van der Waals surface area (Å²) in [6, 6.07) is 6.13. The molecule has 0 saturated carbocycles. The second-order valence-corrected chi connectivity index (χ2v) is 4.76. The standard InChI is InChI=1S/C13H10BrFN4O/c14-5-11-6-19(18-17-11)7-12-8-20-13(16-12)9-2-1-3-10(15)4-9/h1-4,6,8H,5,7H2. The van der Waals surface area contributed by atoms with Gasteiger partial charge in [0.15, 0.2) is 0 Å². The maximum absolute atomic E-state index is 13.2. The molecule has 0 N–H and O–H groups in total. The molecule has 0 aliphatic rings. The van der Waals surface area contributed by atoms with Gasteiger partial charge in [0.1, 0.15) is 17.8 Å². The number of halogens is 2. The van der Waals surface area contributed by atoms with Crippen LogP contribution in [0.25, 0.3) is 11.5 Å². The molecule has 0 fully saturated rings. The number of aromatic nitrogens is 4. The normalized spacial score (nSPS) is 10.9. The number of rotatable bonds is 4. The topological polar surface area (TPSA) is 56.7 Å². The Labute approximate surface area is 122 Å². The van der Waals surface area contributed by atoms with E-state index < -0.39 is 0 Å². The molecule has 102 valence electrons. The van der Waals surface area contributed by atoms with Gasteiger partial charge in [-0.15, -0.1) is 5.10 Å². The summed E-state index contributed by atoms with van der Waals surface area (Å²) in [5.74, 6) is 0.0702. The number of alkyl halides is 1. The third-order valence-electron chi connectivity index (χ3n) is 2.67. The summed E-state index contributed by atoms with van der Waals surface area (Å²) in [6.45, 7) is 0.457. The highest BCUT2D eigenvalue weighted by Gasteiger charge is 2.09. The van der Waals surface area contributed by atoms with Crippen LogP contribution in [-0.4, -0.2) is 20.0 Å². The Morgan fingerprint density at radius 2 is 2.20 bits per heavy atom. The maximum Gasteiger partial charge on any atom is 0.226 e. The van der Waals surface area contributed by atoms with Crippen molar-refractivity contribution < 1.29 is 8.81 Å². The summed E-state index contributed by atoms with van der Waals surface area (Å²) in [7, 11) is 0. The second kappa shape index (κ2) is 5.54. The van der Waals surface area contributed by atoms with E-state index in [1.807, 2.05) is 6.20 Å². The first-order chi connectivity index (χ1) is 9.74. The minimum absolute atomic E-state index is 0.319. The van der Waals surface area contributed by atoms with Crippen LogP contribution in [0.3, 0.4) is 0 Å². The van der Waals surface area contributed by atoms with E-state index in [0.29, 0.717) is 29.0 Å². The van der Waals surface area contributed by atoms with E-state index in [2.05, 4.69) is 31.2 Å². The molecule has 20 heavy (non-hydrogen) atoms. The van der Waals surface area contributed by atoms with Crippen molar-refractivity contribution in [3.8, 4) is 11.5 Å². The van der Waals surface area contributed by atoms with Gasteiger partial charge in [0.2, 0.25) is 5.89 Å². The Bertz CT molecular complexity index is 724. The van der Waals surface area contributed by atoms with Crippen LogP contribution >= 0.6 is 15.9 Å². The molecular weight excluding hydrogens is 327 g/mol. The highest BCUT2D eigenvalue weighted by Crippen LogP contribution is 2.19. The van der Waals surface area contributed by atoms with Gasteiger partial charge in [-0.2, -0.15) is 0 Å². The molecule has 0 atom stereocenters. The highest BCUT2D eigenvalue weighted by molar-refractivity contribution is 9.08. The molecule has 3 aromatic rings. The molecule has 0 bridgehead atoms. The first-order valence-corrected chi connectivity index (χ1v) is 7.02. The first-order valence-electron chi connectivity index (χ1n) is 5.90. The van der Waals surface area contributed by atoms with Crippen LogP contribution in [0.4, 0.5) is 4.39 Å². The van der Waals surface area contributed by atoms with Crippen LogP contribution in [0.2, 0.25) is 0 Å². The second-order valence-electron chi connectivity index (χ2n) is 4.20. The Morgan fingerprint density at radius 1 is 1.30 bits per heavy atom. The predicted octanol–water partition coefficient (Wildman–Crippen LogP) is 3.02. The lowest BCUT2D eigenvalue weighted by Crippen LogP contribution is -2.00. The van der Waals surface area contributed by atoms with Gasteiger partial charge in [0, 0.05) is 17.1 Å². The van der Waals surface area contributed by atoms with Crippen LogP contribution in [-0.2, 0) is 11.9 Å². The van der Waals surface area contributed by atoms with E-state index in [4.69, 9.17) is 4.42 Å². The zero-order valence-electron chi connectivity index (χ0n) is 10.3. The van der Waals surface area contributed by atoms with Gasteiger partial charge in [-0.25, -0.2) is 14.1 Å². The van der Waals surface area contributed by atoms with Crippen LogP contribution in [0.1, 0.15) is 11.4 Å². The molecule has 1 aromatic carbocycles. The summed E-state index contributed by atoms with van der Waals surface area (Å²) in [4.78, 5) is 4.32. The fourth-order valence-corrected chi connectivity index (χ4v) is 2.03. The number of nitrogens with zero attached hydrogens (tertiary/aromatic N) is 4. The molecule has 0 saturated heterocycles. The van der Waals surface area contributed by atoms with Crippen LogP contribution in [0.15, 0.2) is 41.1 Å². The molecule has 0 spiro atoms. The van der Waals surface area contributed by atoms with Crippen molar-refractivity contribution in [2.75, 3.05) is 0 Å².